The van der Waals surface area contributed by atoms with Gasteiger partial charge in [-0.25, -0.2) is 4.98 Å². The van der Waals surface area contributed by atoms with Crippen molar-refractivity contribution >= 4 is 11.6 Å². The molecule has 3 heteroatoms. The standard InChI is InChI=1S/C8H12ClNO/c1-2-3-4-7-6-11-8(5-9)10-7/h6H,2-5H2,1H3. The molecule has 11 heavy (non-hydrogen) atoms. The number of aryl methyl sites for hydroxylation is 1. The maximum atomic E-state index is 5.52. The lowest BCUT2D eigenvalue weighted by atomic mass is 10.2. The number of rotatable bonds is 4. The molecular formula is C8H12ClNO. The summed E-state index contributed by atoms with van der Waals surface area (Å²) in [5, 5.41) is 0. The van der Waals surface area contributed by atoms with Gasteiger partial charge in [-0.2, -0.15) is 0 Å². The van der Waals surface area contributed by atoms with Crippen molar-refractivity contribution in [2.75, 3.05) is 0 Å². The van der Waals surface area contributed by atoms with Gasteiger partial charge in [-0.15, -0.1) is 11.6 Å². The first kappa shape index (κ1) is 8.60. The zero-order valence-electron chi connectivity index (χ0n) is 6.64. The van der Waals surface area contributed by atoms with Crippen LogP contribution in [0.1, 0.15) is 31.4 Å². The smallest absolute Gasteiger partial charge is 0.209 e. The van der Waals surface area contributed by atoms with Crippen LogP contribution in [0.2, 0.25) is 0 Å². The fraction of sp³-hybridized carbons (Fsp3) is 0.625. The number of aromatic nitrogens is 1. The maximum absolute atomic E-state index is 5.52. The van der Waals surface area contributed by atoms with E-state index in [-0.39, 0.29) is 0 Å². The normalized spacial score (nSPS) is 10.4. The Bertz CT molecular complexity index is 210. The van der Waals surface area contributed by atoms with E-state index in [1.807, 2.05) is 0 Å². The molecule has 0 aliphatic heterocycles. The summed E-state index contributed by atoms with van der Waals surface area (Å²) in [5.41, 5.74) is 1.02. The minimum Gasteiger partial charge on any atom is -0.447 e. The summed E-state index contributed by atoms with van der Waals surface area (Å²) in [6.45, 7) is 2.16. The van der Waals surface area contributed by atoms with E-state index in [0.717, 1.165) is 18.5 Å². The first-order chi connectivity index (χ1) is 5.36. The first-order valence-corrected chi connectivity index (χ1v) is 4.39. The van der Waals surface area contributed by atoms with Gasteiger partial charge < -0.3 is 4.42 Å². The second kappa shape index (κ2) is 4.39. The fourth-order valence-corrected chi connectivity index (χ4v) is 1.01. The molecule has 62 valence electrons. The van der Waals surface area contributed by atoms with E-state index in [4.69, 9.17) is 16.0 Å². The average Bonchev–Trinajstić information content (AvgIpc) is 2.48. The molecule has 0 saturated carbocycles. The maximum Gasteiger partial charge on any atom is 0.209 e. The third-order valence-corrected chi connectivity index (χ3v) is 1.73. The SMILES string of the molecule is CCCCc1coc(CCl)n1. The van der Waals surface area contributed by atoms with Crippen LogP contribution in [0.5, 0.6) is 0 Å². The minimum atomic E-state index is 0.367. The lowest BCUT2D eigenvalue weighted by Gasteiger charge is -1.89. The highest BCUT2D eigenvalue weighted by molar-refractivity contribution is 6.16. The number of halogens is 1. The molecular weight excluding hydrogens is 162 g/mol. The molecule has 0 unspecified atom stereocenters. The van der Waals surface area contributed by atoms with Gasteiger partial charge in [0, 0.05) is 0 Å². The molecule has 0 saturated heterocycles. The van der Waals surface area contributed by atoms with Crippen molar-refractivity contribution in [3.8, 4) is 0 Å². The van der Waals surface area contributed by atoms with Crippen LogP contribution in [-0.4, -0.2) is 4.98 Å². The fourth-order valence-electron chi connectivity index (χ4n) is 0.883. The number of hydrogen-bond donors (Lipinski definition) is 0. The Morgan fingerprint density at radius 2 is 2.45 bits per heavy atom. The van der Waals surface area contributed by atoms with Gasteiger partial charge in [-0.05, 0) is 12.8 Å². The summed E-state index contributed by atoms with van der Waals surface area (Å²) in [6.07, 6.45) is 5.03. The summed E-state index contributed by atoms with van der Waals surface area (Å²) >= 11 is 5.52. The molecule has 1 aromatic rings. The third-order valence-electron chi connectivity index (χ3n) is 1.50. The zero-order valence-corrected chi connectivity index (χ0v) is 7.40. The van der Waals surface area contributed by atoms with Crippen molar-refractivity contribution in [2.24, 2.45) is 0 Å². The summed E-state index contributed by atoms with van der Waals surface area (Å²) in [4.78, 5) is 4.17. The predicted octanol–water partition coefficient (Wildman–Crippen LogP) is 2.76. The Hall–Kier alpha value is -0.500. The van der Waals surface area contributed by atoms with Gasteiger partial charge in [-0.1, -0.05) is 13.3 Å². The van der Waals surface area contributed by atoms with E-state index >= 15 is 0 Å². The van der Waals surface area contributed by atoms with E-state index in [1.54, 1.807) is 6.26 Å². The number of nitrogens with zero attached hydrogens (tertiary/aromatic N) is 1. The van der Waals surface area contributed by atoms with Crippen LogP contribution < -0.4 is 0 Å². The van der Waals surface area contributed by atoms with E-state index in [9.17, 15) is 0 Å². The van der Waals surface area contributed by atoms with E-state index < -0.39 is 0 Å². The number of oxazole rings is 1. The van der Waals surface area contributed by atoms with Gasteiger partial charge in [-0.3, -0.25) is 0 Å². The van der Waals surface area contributed by atoms with E-state index in [2.05, 4.69) is 11.9 Å². The van der Waals surface area contributed by atoms with Crippen molar-refractivity contribution in [2.45, 2.75) is 32.1 Å². The highest BCUT2D eigenvalue weighted by Crippen LogP contribution is 2.07. The number of unbranched alkanes of at least 4 members (excludes halogenated alkanes) is 1. The van der Waals surface area contributed by atoms with Crippen molar-refractivity contribution < 1.29 is 4.42 Å². The van der Waals surface area contributed by atoms with Gasteiger partial charge in [0.05, 0.1) is 11.6 Å². The molecule has 1 rings (SSSR count). The van der Waals surface area contributed by atoms with Crippen molar-refractivity contribution in [1.82, 2.24) is 4.98 Å². The quantitative estimate of drug-likeness (QED) is 0.655. The Morgan fingerprint density at radius 1 is 1.64 bits per heavy atom. The number of hydrogen-bond acceptors (Lipinski definition) is 2. The van der Waals surface area contributed by atoms with Gasteiger partial charge in [0.15, 0.2) is 0 Å². The van der Waals surface area contributed by atoms with Crippen LogP contribution in [0.25, 0.3) is 0 Å². The van der Waals surface area contributed by atoms with Crippen LogP contribution in [0, 0.1) is 0 Å². The van der Waals surface area contributed by atoms with Gasteiger partial charge in [0.1, 0.15) is 6.26 Å². The molecule has 1 aromatic heterocycles. The molecule has 0 radical (unpaired) electrons. The molecule has 0 aliphatic carbocycles. The lowest BCUT2D eigenvalue weighted by Crippen LogP contribution is -1.84. The van der Waals surface area contributed by atoms with E-state index in [0.29, 0.717) is 11.8 Å². The summed E-state index contributed by atoms with van der Waals surface area (Å²) in [6, 6.07) is 0. The molecule has 0 bridgehead atoms. The third kappa shape index (κ3) is 2.54. The minimum absolute atomic E-state index is 0.367. The molecule has 0 aromatic carbocycles. The Labute approximate surface area is 71.6 Å². The highest BCUT2D eigenvalue weighted by Gasteiger charge is 2.00. The highest BCUT2D eigenvalue weighted by atomic mass is 35.5. The average molecular weight is 174 g/mol. The topological polar surface area (TPSA) is 26.0 Å². The van der Waals surface area contributed by atoms with Gasteiger partial charge in [0.2, 0.25) is 5.89 Å². The zero-order chi connectivity index (χ0) is 8.10. The molecule has 0 aliphatic rings. The summed E-state index contributed by atoms with van der Waals surface area (Å²) in [5.74, 6) is 0.990. The van der Waals surface area contributed by atoms with Crippen molar-refractivity contribution in [3.05, 3.63) is 17.8 Å². The van der Waals surface area contributed by atoms with Gasteiger partial charge >= 0.3 is 0 Å². The number of alkyl halides is 1. The Kier molecular flexibility index (Phi) is 3.43. The van der Waals surface area contributed by atoms with Gasteiger partial charge in [0.25, 0.3) is 0 Å². The molecule has 2 nitrogen and oxygen atoms in total. The van der Waals surface area contributed by atoms with E-state index in [1.165, 1.54) is 6.42 Å². The van der Waals surface area contributed by atoms with Crippen LogP contribution in [0.15, 0.2) is 10.7 Å². The molecule has 0 amide bonds. The van der Waals surface area contributed by atoms with Crippen LogP contribution in [0.3, 0.4) is 0 Å². The summed E-state index contributed by atoms with van der Waals surface area (Å²) in [7, 11) is 0. The summed E-state index contributed by atoms with van der Waals surface area (Å²) < 4.78 is 5.07. The molecule has 0 N–H and O–H groups in total. The molecule has 0 fully saturated rings. The van der Waals surface area contributed by atoms with Crippen molar-refractivity contribution in [3.63, 3.8) is 0 Å². The second-order valence-corrected chi connectivity index (χ2v) is 2.74. The Balaban J connectivity index is 2.44. The predicted molar refractivity (Wildman–Crippen MR) is 44.7 cm³/mol. The molecule has 0 spiro atoms. The van der Waals surface area contributed by atoms with Crippen LogP contribution in [0.4, 0.5) is 0 Å². The monoisotopic (exact) mass is 173 g/mol. The largest absolute Gasteiger partial charge is 0.447 e. The van der Waals surface area contributed by atoms with Crippen LogP contribution >= 0.6 is 11.6 Å². The lowest BCUT2D eigenvalue weighted by molar-refractivity contribution is 0.515. The van der Waals surface area contributed by atoms with Crippen LogP contribution in [-0.2, 0) is 12.3 Å². The van der Waals surface area contributed by atoms with Crippen molar-refractivity contribution in [1.29, 1.82) is 0 Å². The second-order valence-electron chi connectivity index (χ2n) is 2.47. The molecule has 1 heterocycles. The molecule has 0 atom stereocenters. The Morgan fingerprint density at radius 3 is 3.00 bits per heavy atom. The first-order valence-electron chi connectivity index (χ1n) is 3.86.